The molecule has 188 valence electrons. The Morgan fingerprint density at radius 1 is 1.26 bits per heavy atom. The maximum atomic E-state index is 13.0. The van der Waals surface area contributed by atoms with Crippen LogP contribution in [0.3, 0.4) is 0 Å². The van der Waals surface area contributed by atoms with Gasteiger partial charge < -0.3 is 18.9 Å². The van der Waals surface area contributed by atoms with Crippen LogP contribution in [0.15, 0.2) is 4.52 Å². The van der Waals surface area contributed by atoms with E-state index in [-0.39, 0.29) is 24.2 Å². The molecule has 2 aliphatic heterocycles. The number of hydrogen-bond acceptors (Lipinski definition) is 9. The molecular formula is C23H32F2N4O4S. The summed E-state index contributed by atoms with van der Waals surface area (Å²) in [6, 6.07) is 0. The Morgan fingerprint density at radius 3 is 2.79 bits per heavy atom. The van der Waals surface area contributed by atoms with Crippen molar-refractivity contribution in [2.75, 3.05) is 32.8 Å². The van der Waals surface area contributed by atoms with Gasteiger partial charge in [0.2, 0.25) is 5.89 Å². The minimum absolute atomic E-state index is 0.121. The lowest BCUT2D eigenvalue weighted by Gasteiger charge is -2.30. The van der Waals surface area contributed by atoms with E-state index < -0.39 is 12.5 Å². The van der Waals surface area contributed by atoms with E-state index in [1.54, 1.807) is 6.92 Å². The normalized spacial score (nSPS) is 21.8. The van der Waals surface area contributed by atoms with E-state index in [9.17, 15) is 13.6 Å². The van der Waals surface area contributed by atoms with Crippen LogP contribution < -0.4 is 4.74 Å². The molecule has 0 aromatic carbocycles. The van der Waals surface area contributed by atoms with E-state index >= 15 is 0 Å². The van der Waals surface area contributed by atoms with Gasteiger partial charge in [0, 0.05) is 51.2 Å². The van der Waals surface area contributed by atoms with Crippen LogP contribution in [0.2, 0.25) is 0 Å². The van der Waals surface area contributed by atoms with Crippen LogP contribution in [0.25, 0.3) is 0 Å². The number of fused-ring (bicyclic) bond motifs is 1. The molecular weight excluding hydrogens is 466 g/mol. The van der Waals surface area contributed by atoms with Crippen LogP contribution in [0.4, 0.5) is 8.78 Å². The fraction of sp³-hybridized carbons (Fsp3) is 0.739. The van der Waals surface area contributed by atoms with Crippen molar-refractivity contribution in [2.24, 2.45) is 5.92 Å². The summed E-state index contributed by atoms with van der Waals surface area (Å²) in [5.41, 5.74) is 0.972. The van der Waals surface area contributed by atoms with Gasteiger partial charge in [-0.3, -0.25) is 4.79 Å². The lowest BCUT2D eigenvalue weighted by molar-refractivity contribution is -0.121. The predicted octanol–water partition coefficient (Wildman–Crippen LogP) is 3.66. The summed E-state index contributed by atoms with van der Waals surface area (Å²) < 4.78 is 42.2. The van der Waals surface area contributed by atoms with Crippen LogP contribution in [0, 0.1) is 12.8 Å². The third kappa shape index (κ3) is 7.51. The van der Waals surface area contributed by atoms with E-state index in [1.165, 1.54) is 11.3 Å². The number of carbonyl (C=O) groups is 1. The van der Waals surface area contributed by atoms with Gasteiger partial charge in [-0.15, -0.1) is 0 Å². The number of hydrogen-bond donors (Lipinski definition) is 0. The number of halogens is 2. The molecule has 4 heterocycles. The van der Waals surface area contributed by atoms with Crippen LogP contribution in [0.5, 0.6) is 5.19 Å². The molecule has 0 spiro atoms. The number of thiazole rings is 1. The summed E-state index contributed by atoms with van der Waals surface area (Å²) in [4.78, 5) is 24.4. The Labute approximate surface area is 202 Å². The molecule has 0 radical (unpaired) electrons. The summed E-state index contributed by atoms with van der Waals surface area (Å²) in [7, 11) is 0. The minimum atomic E-state index is -2.86. The number of aryl methyl sites for hydroxylation is 1. The molecule has 8 nitrogen and oxygen atoms in total. The van der Waals surface area contributed by atoms with Crippen molar-refractivity contribution in [1.29, 1.82) is 0 Å². The highest BCUT2D eigenvalue weighted by Gasteiger charge is 2.27. The molecule has 0 amide bonds. The Balaban J connectivity index is 1.13. The Morgan fingerprint density at radius 2 is 2.09 bits per heavy atom. The number of alkyl halides is 2. The van der Waals surface area contributed by atoms with Crippen LogP contribution in [0.1, 0.15) is 54.9 Å². The van der Waals surface area contributed by atoms with Crippen molar-refractivity contribution in [3.05, 3.63) is 22.3 Å². The molecule has 11 heteroatoms. The molecule has 0 aliphatic carbocycles. The van der Waals surface area contributed by atoms with E-state index in [0.29, 0.717) is 29.9 Å². The molecule has 1 fully saturated rings. The lowest BCUT2D eigenvalue weighted by atomic mass is 9.92. The fourth-order valence-electron chi connectivity index (χ4n) is 4.42. The second-order valence-corrected chi connectivity index (χ2v) is 10.4. The molecule has 2 aromatic rings. The van der Waals surface area contributed by atoms with E-state index in [4.69, 9.17) is 14.0 Å². The first-order valence-corrected chi connectivity index (χ1v) is 12.7. The zero-order valence-corrected chi connectivity index (χ0v) is 20.5. The molecule has 2 aromatic heterocycles. The van der Waals surface area contributed by atoms with Crippen molar-refractivity contribution in [3.8, 4) is 5.19 Å². The van der Waals surface area contributed by atoms with Gasteiger partial charge in [0.15, 0.2) is 12.4 Å². The van der Waals surface area contributed by atoms with Gasteiger partial charge in [-0.05, 0) is 31.6 Å². The van der Waals surface area contributed by atoms with E-state index in [1.807, 2.05) is 0 Å². The number of carbonyl (C=O) groups excluding carboxylic acids is 1. The summed E-state index contributed by atoms with van der Waals surface area (Å²) in [5, 5.41) is 4.13. The number of ketones is 1. The van der Waals surface area contributed by atoms with Gasteiger partial charge in [-0.2, -0.15) is 4.98 Å². The fourth-order valence-corrected chi connectivity index (χ4v) is 5.36. The Hall–Kier alpha value is -1.98. The van der Waals surface area contributed by atoms with Crippen molar-refractivity contribution in [2.45, 2.75) is 70.8 Å². The zero-order valence-electron chi connectivity index (χ0n) is 19.7. The molecule has 1 saturated heterocycles. The first kappa shape index (κ1) is 25.1. The summed E-state index contributed by atoms with van der Waals surface area (Å²) in [5.74, 6) is -1.56. The average Bonchev–Trinajstić information content (AvgIpc) is 3.32. The molecule has 0 saturated carbocycles. The Kier molecular flexibility index (Phi) is 8.26. The van der Waals surface area contributed by atoms with Gasteiger partial charge in [0.25, 0.3) is 11.1 Å². The smallest absolute Gasteiger partial charge is 0.278 e. The predicted molar refractivity (Wildman–Crippen MR) is 122 cm³/mol. The van der Waals surface area contributed by atoms with Crippen molar-refractivity contribution < 1.29 is 27.6 Å². The highest BCUT2D eigenvalue weighted by atomic mass is 32.1. The van der Waals surface area contributed by atoms with E-state index in [0.717, 1.165) is 69.2 Å². The van der Waals surface area contributed by atoms with Gasteiger partial charge in [0.05, 0.1) is 24.8 Å². The quantitative estimate of drug-likeness (QED) is 0.490. The second-order valence-electron chi connectivity index (χ2n) is 9.39. The molecule has 0 bridgehead atoms. The van der Waals surface area contributed by atoms with Crippen LogP contribution in [-0.2, 0) is 28.8 Å². The van der Waals surface area contributed by atoms with E-state index in [2.05, 4.69) is 20.0 Å². The van der Waals surface area contributed by atoms with Gasteiger partial charge in [-0.1, -0.05) is 16.5 Å². The SMILES string of the molecule is Cc1nc(CC(=O)C[C@H]2CC[C@H](CCN3CCc4nc(OCC(C)(F)F)sc4CC3)OC2)no1. The zero-order chi connectivity index (χ0) is 24.1. The topological polar surface area (TPSA) is 90.6 Å². The molecule has 34 heavy (non-hydrogen) atoms. The van der Waals surface area contributed by atoms with Crippen molar-refractivity contribution in [3.63, 3.8) is 0 Å². The second kappa shape index (κ2) is 11.2. The standard InChI is InChI=1S/C23H32F2N4O4S/c1-15-26-21(28-33-15)12-17(30)11-16-3-4-18(31-13-16)5-8-29-9-6-19-20(7-10-29)34-22(27-19)32-14-23(2,24)25/h16,18H,3-14H2,1-2H3/t16-,18-/m1/s1. The maximum absolute atomic E-state index is 13.0. The van der Waals surface area contributed by atoms with Crippen molar-refractivity contribution >= 4 is 17.1 Å². The Bertz CT molecular complexity index is 928. The molecule has 2 aliphatic rings. The highest BCUT2D eigenvalue weighted by molar-refractivity contribution is 7.13. The number of rotatable bonds is 10. The van der Waals surface area contributed by atoms with Gasteiger partial charge in [-0.25, -0.2) is 13.8 Å². The van der Waals surface area contributed by atoms with Gasteiger partial charge >= 0.3 is 0 Å². The molecule has 2 atom stereocenters. The minimum Gasteiger partial charge on any atom is -0.464 e. The van der Waals surface area contributed by atoms with Crippen LogP contribution in [-0.4, -0.2) is 70.7 Å². The number of ether oxygens (including phenoxy) is 2. The lowest BCUT2D eigenvalue weighted by Crippen LogP contribution is -2.33. The summed E-state index contributed by atoms with van der Waals surface area (Å²) in [6.07, 6.45) is 5.49. The largest absolute Gasteiger partial charge is 0.464 e. The van der Waals surface area contributed by atoms with Crippen molar-refractivity contribution in [1.82, 2.24) is 20.0 Å². The third-order valence-electron chi connectivity index (χ3n) is 6.20. The monoisotopic (exact) mass is 498 g/mol. The number of nitrogens with zero attached hydrogens (tertiary/aromatic N) is 4. The molecule has 0 unspecified atom stereocenters. The number of Topliss-reactive ketones (excluding diaryl/α,β-unsaturated/α-hetero) is 1. The summed E-state index contributed by atoms with van der Waals surface area (Å²) >= 11 is 1.39. The number of aromatic nitrogens is 3. The first-order chi connectivity index (χ1) is 16.2. The maximum Gasteiger partial charge on any atom is 0.278 e. The average molecular weight is 499 g/mol. The molecule has 4 rings (SSSR count). The molecule has 0 N–H and O–H groups in total. The summed E-state index contributed by atoms with van der Waals surface area (Å²) in [6.45, 7) is 5.29. The first-order valence-electron chi connectivity index (χ1n) is 11.9. The van der Waals surface area contributed by atoms with Gasteiger partial charge in [0.1, 0.15) is 5.78 Å². The third-order valence-corrected chi connectivity index (χ3v) is 7.27. The van der Waals surface area contributed by atoms with Crippen LogP contribution >= 0.6 is 11.3 Å². The highest BCUT2D eigenvalue weighted by Crippen LogP contribution is 2.30.